The topological polar surface area (TPSA) is 58.6 Å². The second-order valence-corrected chi connectivity index (χ2v) is 6.20. The minimum atomic E-state index is -0.0248. The highest BCUT2D eigenvalue weighted by Crippen LogP contribution is 2.18. The van der Waals surface area contributed by atoms with Crippen LogP contribution in [0.1, 0.15) is 18.4 Å². The van der Waals surface area contributed by atoms with E-state index in [4.69, 9.17) is 16.3 Å². The number of benzene rings is 1. The van der Waals surface area contributed by atoms with Gasteiger partial charge in [0.2, 0.25) is 11.8 Å². The standard InChI is InChI=1S/C18H23ClN2O3/c1-24-13-10-20-18(23)15-8-11-21(12-9-15)17(22)7-4-14-2-5-16(19)6-3-14/h2-7,15H,8-13H2,1H3,(H,20,23)/b7-4+. The normalized spacial score (nSPS) is 15.7. The SMILES string of the molecule is COCCNC(=O)C1CCN(C(=O)/C=C/c2ccc(Cl)cc2)CC1. The molecule has 1 N–H and O–H groups in total. The Bertz CT molecular complexity index is 578. The summed E-state index contributed by atoms with van der Waals surface area (Å²) in [6.07, 6.45) is 4.74. The molecule has 1 aromatic carbocycles. The number of carbonyl (C=O) groups excluding carboxylic acids is 2. The number of ether oxygens (including phenoxy) is 1. The molecule has 0 aliphatic carbocycles. The van der Waals surface area contributed by atoms with E-state index in [2.05, 4.69) is 5.32 Å². The highest BCUT2D eigenvalue weighted by Gasteiger charge is 2.26. The lowest BCUT2D eigenvalue weighted by Crippen LogP contribution is -2.43. The highest BCUT2D eigenvalue weighted by atomic mass is 35.5. The van der Waals surface area contributed by atoms with E-state index in [0.29, 0.717) is 44.1 Å². The van der Waals surface area contributed by atoms with E-state index in [1.54, 1.807) is 36.3 Å². The third-order valence-corrected chi connectivity index (χ3v) is 4.32. The van der Waals surface area contributed by atoms with Crippen LogP contribution in [0, 0.1) is 5.92 Å². The van der Waals surface area contributed by atoms with Crippen LogP contribution in [0.3, 0.4) is 0 Å². The molecule has 6 heteroatoms. The third-order valence-electron chi connectivity index (χ3n) is 4.07. The molecule has 2 rings (SSSR count). The Balaban J connectivity index is 1.78. The van der Waals surface area contributed by atoms with Crippen LogP contribution in [-0.4, -0.2) is 50.1 Å². The van der Waals surface area contributed by atoms with Gasteiger partial charge in [-0.2, -0.15) is 0 Å². The maximum atomic E-state index is 12.2. The van der Waals surface area contributed by atoms with E-state index in [1.165, 1.54) is 0 Å². The molecular weight excluding hydrogens is 328 g/mol. The smallest absolute Gasteiger partial charge is 0.246 e. The van der Waals surface area contributed by atoms with Crippen molar-refractivity contribution in [1.82, 2.24) is 10.2 Å². The third kappa shape index (κ3) is 5.65. The zero-order valence-corrected chi connectivity index (χ0v) is 14.6. The molecule has 0 bridgehead atoms. The van der Waals surface area contributed by atoms with Crippen molar-refractivity contribution in [2.24, 2.45) is 5.92 Å². The van der Waals surface area contributed by atoms with Crippen LogP contribution in [0.4, 0.5) is 0 Å². The lowest BCUT2D eigenvalue weighted by molar-refractivity contribution is -0.132. The van der Waals surface area contributed by atoms with Crippen molar-refractivity contribution in [1.29, 1.82) is 0 Å². The maximum absolute atomic E-state index is 12.2. The Labute approximate surface area is 147 Å². The zero-order valence-electron chi connectivity index (χ0n) is 13.8. The number of methoxy groups -OCH3 is 1. The number of nitrogens with zero attached hydrogens (tertiary/aromatic N) is 1. The molecular formula is C18H23ClN2O3. The number of likely N-dealkylation sites (tertiary alicyclic amines) is 1. The summed E-state index contributed by atoms with van der Waals surface area (Å²) in [6.45, 7) is 2.25. The van der Waals surface area contributed by atoms with Crippen molar-refractivity contribution in [3.63, 3.8) is 0 Å². The number of halogens is 1. The van der Waals surface area contributed by atoms with Crippen LogP contribution in [0.25, 0.3) is 6.08 Å². The molecule has 1 aliphatic heterocycles. The van der Waals surface area contributed by atoms with Crippen LogP contribution in [0.15, 0.2) is 30.3 Å². The average Bonchev–Trinajstić information content (AvgIpc) is 2.61. The van der Waals surface area contributed by atoms with E-state index in [1.807, 2.05) is 12.1 Å². The Morgan fingerprint density at radius 1 is 1.29 bits per heavy atom. The molecule has 130 valence electrons. The molecule has 0 atom stereocenters. The van der Waals surface area contributed by atoms with Crippen LogP contribution < -0.4 is 5.32 Å². The van der Waals surface area contributed by atoms with Crippen molar-refractivity contribution in [3.05, 3.63) is 40.9 Å². The van der Waals surface area contributed by atoms with Crippen molar-refractivity contribution in [3.8, 4) is 0 Å². The van der Waals surface area contributed by atoms with Crippen molar-refractivity contribution in [2.45, 2.75) is 12.8 Å². The summed E-state index contributed by atoms with van der Waals surface area (Å²) in [5.74, 6) is 0.00481. The first-order chi connectivity index (χ1) is 11.6. The lowest BCUT2D eigenvalue weighted by Gasteiger charge is -2.30. The number of carbonyl (C=O) groups is 2. The molecule has 5 nitrogen and oxygen atoms in total. The fourth-order valence-corrected chi connectivity index (χ4v) is 2.76. The summed E-state index contributed by atoms with van der Waals surface area (Å²) in [6, 6.07) is 7.31. The molecule has 1 aliphatic rings. The van der Waals surface area contributed by atoms with Gasteiger partial charge in [-0.05, 0) is 36.6 Å². The fourth-order valence-electron chi connectivity index (χ4n) is 2.63. The van der Waals surface area contributed by atoms with Gasteiger partial charge < -0.3 is 15.0 Å². The molecule has 0 saturated carbocycles. The largest absolute Gasteiger partial charge is 0.383 e. The first-order valence-corrected chi connectivity index (χ1v) is 8.47. The molecule has 1 saturated heterocycles. The van der Waals surface area contributed by atoms with Gasteiger partial charge in [-0.1, -0.05) is 23.7 Å². The number of amides is 2. The predicted octanol–water partition coefficient (Wildman–Crippen LogP) is 2.35. The molecule has 1 aromatic rings. The van der Waals surface area contributed by atoms with Gasteiger partial charge in [-0.3, -0.25) is 9.59 Å². The highest BCUT2D eigenvalue weighted by molar-refractivity contribution is 6.30. The maximum Gasteiger partial charge on any atom is 0.246 e. The van der Waals surface area contributed by atoms with E-state index in [0.717, 1.165) is 5.56 Å². The monoisotopic (exact) mass is 350 g/mol. The molecule has 0 spiro atoms. The van der Waals surface area contributed by atoms with E-state index in [-0.39, 0.29) is 17.7 Å². The van der Waals surface area contributed by atoms with Crippen LogP contribution in [0.5, 0.6) is 0 Å². The summed E-state index contributed by atoms with van der Waals surface area (Å²) >= 11 is 5.84. The summed E-state index contributed by atoms with van der Waals surface area (Å²) in [4.78, 5) is 26.0. The molecule has 1 fully saturated rings. The summed E-state index contributed by atoms with van der Waals surface area (Å²) in [5.41, 5.74) is 0.931. The Morgan fingerprint density at radius 3 is 2.58 bits per heavy atom. The average molecular weight is 351 g/mol. The number of rotatable bonds is 6. The lowest BCUT2D eigenvalue weighted by atomic mass is 9.96. The molecule has 0 unspecified atom stereocenters. The summed E-state index contributed by atoms with van der Waals surface area (Å²) in [7, 11) is 1.60. The van der Waals surface area contributed by atoms with Crippen LogP contribution in [-0.2, 0) is 14.3 Å². The molecule has 2 amide bonds. The van der Waals surface area contributed by atoms with E-state index >= 15 is 0 Å². The van der Waals surface area contributed by atoms with Gasteiger partial charge in [0.25, 0.3) is 0 Å². The Kier molecular flexibility index (Phi) is 7.28. The number of hydrogen-bond donors (Lipinski definition) is 1. The summed E-state index contributed by atoms with van der Waals surface area (Å²) < 4.78 is 4.92. The Hall–Kier alpha value is -1.85. The fraction of sp³-hybridized carbons (Fsp3) is 0.444. The predicted molar refractivity (Wildman–Crippen MR) is 94.7 cm³/mol. The van der Waals surface area contributed by atoms with Gasteiger partial charge in [-0.25, -0.2) is 0 Å². The number of hydrogen-bond acceptors (Lipinski definition) is 3. The van der Waals surface area contributed by atoms with Crippen LogP contribution >= 0.6 is 11.6 Å². The van der Waals surface area contributed by atoms with Crippen molar-refractivity contribution < 1.29 is 14.3 Å². The first kappa shape index (κ1) is 18.5. The second kappa shape index (κ2) is 9.45. The van der Waals surface area contributed by atoms with Crippen molar-refractivity contribution >= 4 is 29.5 Å². The van der Waals surface area contributed by atoms with E-state index in [9.17, 15) is 9.59 Å². The molecule has 0 radical (unpaired) electrons. The minimum absolute atomic E-state index is 0.0221. The quantitative estimate of drug-likeness (QED) is 0.633. The molecule has 1 heterocycles. The van der Waals surface area contributed by atoms with Gasteiger partial charge in [0.05, 0.1) is 6.61 Å². The number of nitrogens with one attached hydrogen (secondary N) is 1. The zero-order chi connectivity index (χ0) is 17.4. The van der Waals surface area contributed by atoms with Crippen molar-refractivity contribution in [2.75, 3.05) is 33.4 Å². The molecule has 24 heavy (non-hydrogen) atoms. The minimum Gasteiger partial charge on any atom is -0.383 e. The first-order valence-electron chi connectivity index (χ1n) is 8.09. The van der Waals surface area contributed by atoms with E-state index < -0.39 is 0 Å². The van der Waals surface area contributed by atoms with Gasteiger partial charge in [0, 0.05) is 43.8 Å². The Morgan fingerprint density at radius 2 is 1.96 bits per heavy atom. The number of piperidine rings is 1. The molecule has 0 aromatic heterocycles. The van der Waals surface area contributed by atoms with Crippen LogP contribution in [0.2, 0.25) is 5.02 Å². The van der Waals surface area contributed by atoms with Gasteiger partial charge in [0.1, 0.15) is 0 Å². The van der Waals surface area contributed by atoms with Gasteiger partial charge >= 0.3 is 0 Å². The second-order valence-electron chi connectivity index (χ2n) is 5.77. The van der Waals surface area contributed by atoms with Gasteiger partial charge in [0.15, 0.2) is 0 Å². The summed E-state index contributed by atoms with van der Waals surface area (Å²) in [5, 5.41) is 3.53. The van der Waals surface area contributed by atoms with Gasteiger partial charge in [-0.15, -0.1) is 0 Å².